The van der Waals surface area contributed by atoms with Gasteiger partial charge in [0.2, 0.25) is 5.91 Å². The number of hydrogen-bond donors (Lipinski definition) is 0. The van der Waals surface area contributed by atoms with E-state index in [0.29, 0.717) is 39.0 Å². The molecule has 2 aliphatic rings. The van der Waals surface area contributed by atoms with E-state index in [4.69, 9.17) is 34.8 Å². The van der Waals surface area contributed by atoms with E-state index < -0.39 is 5.92 Å². The van der Waals surface area contributed by atoms with Gasteiger partial charge in [0.05, 0.1) is 0 Å². The van der Waals surface area contributed by atoms with Crippen LogP contribution in [0.4, 0.5) is 5.69 Å². The van der Waals surface area contributed by atoms with Crippen LogP contribution >= 0.6 is 34.8 Å². The van der Waals surface area contributed by atoms with E-state index in [9.17, 15) is 9.59 Å². The van der Waals surface area contributed by atoms with Crippen LogP contribution in [0.1, 0.15) is 37.2 Å². The van der Waals surface area contributed by atoms with E-state index in [2.05, 4.69) is 0 Å². The van der Waals surface area contributed by atoms with E-state index in [1.165, 1.54) is 0 Å². The number of carbonyl (C=O) groups excluding carboxylic acids is 2. The molecule has 1 heterocycles. The third-order valence-electron chi connectivity index (χ3n) is 5.11. The lowest BCUT2D eigenvalue weighted by Gasteiger charge is -2.38. The molecule has 0 saturated carbocycles. The molecule has 3 nitrogen and oxygen atoms in total. The Morgan fingerprint density at radius 2 is 1.56 bits per heavy atom. The van der Waals surface area contributed by atoms with Gasteiger partial charge in [-0.05, 0) is 54.8 Å². The molecular weight excluding hydrogens is 405 g/mol. The van der Waals surface area contributed by atoms with E-state index in [1.807, 2.05) is 0 Å². The minimum Gasteiger partial charge on any atom is -0.294 e. The topological polar surface area (TPSA) is 37.4 Å². The summed E-state index contributed by atoms with van der Waals surface area (Å²) in [6, 6.07) is 12.3. The first kappa shape index (κ1) is 18.5. The van der Waals surface area contributed by atoms with Crippen LogP contribution in [0, 0.1) is 0 Å². The van der Waals surface area contributed by atoms with Crippen molar-refractivity contribution in [3.05, 3.63) is 74.4 Å². The lowest BCUT2D eigenvalue weighted by Crippen LogP contribution is -2.40. The van der Waals surface area contributed by atoms with Crippen LogP contribution in [-0.2, 0) is 9.59 Å². The summed E-state index contributed by atoms with van der Waals surface area (Å²) in [5.41, 5.74) is 2.79. The number of anilines is 1. The van der Waals surface area contributed by atoms with Gasteiger partial charge in [-0.1, -0.05) is 40.9 Å². The van der Waals surface area contributed by atoms with Crippen molar-refractivity contribution in [3.63, 3.8) is 0 Å². The van der Waals surface area contributed by atoms with Gasteiger partial charge in [-0.2, -0.15) is 0 Å². The second kappa shape index (κ2) is 7.31. The molecule has 1 unspecified atom stereocenters. The number of carbonyl (C=O) groups is 2. The van der Waals surface area contributed by atoms with Crippen molar-refractivity contribution in [3.8, 4) is 0 Å². The molecule has 0 aromatic heterocycles. The molecule has 4 rings (SSSR count). The van der Waals surface area contributed by atoms with Crippen LogP contribution in [0.25, 0.3) is 0 Å². The number of ketones is 1. The zero-order valence-electron chi connectivity index (χ0n) is 14.3. The molecule has 0 bridgehead atoms. The summed E-state index contributed by atoms with van der Waals surface area (Å²) < 4.78 is 0. The first-order valence-corrected chi connectivity index (χ1v) is 9.89. The highest BCUT2D eigenvalue weighted by Crippen LogP contribution is 2.46. The summed E-state index contributed by atoms with van der Waals surface area (Å²) in [5.74, 6) is -0.430. The maximum Gasteiger partial charge on any atom is 0.232 e. The summed E-state index contributed by atoms with van der Waals surface area (Å²) >= 11 is 18.8. The van der Waals surface area contributed by atoms with Gasteiger partial charge in [0.25, 0.3) is 0 Å². The number of amides is 1. The number of Topliss-reactive ketones (excluding diaryl/α,β-unsaturated/α-hetero) is 1. The second-order valence-electron chi connectivity index (χ2n) is 6.73. The third-order valence-corrected chi connectivity index (χ3v) is 6.02. The molecular formula is C21H16Cl3NO2. The Morgan fingerprint density at radius 1 is 0.889 bits per heavy atom. The van der Waals surface area contributed by atoms with Gasteiger partial charge in [-0.25, -0.2) is 0 Å². The average molecular weight is 421 g/mol. The van der Waals surface area contributed by atoms with Crippen molar-refractivity contribution in [2.24, 2.45) is 0 Å². The minimum atomic E-state index is -0.412. The summed E-state index contributed by atoms with van der Waals surface area (Å²) in [6.07, 6.45) is 2.00. The van der Waals surface area contributed by atoms with Gasteiger partial charge in [0.1, 0.15) is 0 Å². The summed E-state index contributed by atoms with van der Waals surface area (Å²) in [4.78, 5) is 27.6. The monoisotopic (exact) mass is 419 g/mol. The second-order valence-corrected chi connectivity index (χ2v) is 7.99. The SMILES string of the molecule is O=C1CCCC2=C1C(c1c(Cl)cccc1Cl)CC(=O)N2c1ccc(Cl)cc1. The molecule has 1 aliphatic heterocycles. The molecule has 2 aromatic carbocycles. The van der Waals surface area contributed by atoms with E-state index in [0.717, 1.165) is 17.8 Å². The fourth-order valence-electron chi connectivity index (χ4n) is 3.97. The molecule has 1 aliphatic carbocycles. The van der Waals surface area contributed by atoms with Crippen LogP contribution < -0.4 is 4.90 Å². The van der Waals surface area contributed by atoms with Gasteiger partial charge in [-0.15, -0.1) is 0 Å². The molecule has 1 atom stereocenters. The van der Waals surface area contributed by atoms with Crippen molar-refractivity contribution in [2.75, 3.05) is 4.90 Å². The standard InChI is InChI=1S/C21H16Cl3NO2/c22-12-7-9-13(10-8-12)25-17-5-2-6-18(26)21(17)14(11-19(25)27)20-15(23)3-1-4-16(20)24/h1,3-4,7-10,14H,2,5-6,11H2. The first-order chi connectivity index (χ1) is 13.0. The van der Waals surface area contributed by atoms with Crippen LogP contribution in [0.15, 0.2) is 53.7 Å². The van der Waals surface area contributed by atoms with E-state index in [-0.39, 0.29) is 18.1 Å². The molecule has 0 spiro atoms. The van der Waals surface area contributed by atoms with Gasteiger partial charge in [-0.3, -0.25) is 14.5 Å². The summed E-state index contributed by atoms with van der Waals surface area (Å²) in [6.45, 7) is 0. The Bertz CT molecular complexity index is 946. The lowest BCUT2D eigenvalue weighted by atomic mass is 9.77. The van der Waals surface area contributed by atoms with Crippen LogP contribution in [0.5, 0.6) is 0 Å². The molecule has 0 saturated heterocycles. The molecule has 0 N–H and O–H groups in total. The number of hydrogen-bond acceptors (Lipinski definition) is 2. The van der Waals surface area contributed by atoms with E-state index in [1.54, 1.807) is 47.4 Å². The molecule has 0 fully saturated rings. The van der Waals surface area contributed by atoms with Gasteiger partial charge < -0.3 is 0 Å². The quantitative estimate of drug-likeness (QED) is 0.582. The van der Waals surface area contributed by atoms with Gasteiger partial charge >= 0.3 is 0 Å². The zero-order chi connectivity index (χ0) is 19.1. The first-order valence-electron chi connectivity index (χ1n) is 8.76. The smallest absolute Gasteiger partial charge is 0.232 e. The van der Waals surface area contributed by atoms with Gasteiger partial charge in [0.15, 0.2) is 5.78 Å². The number of allylic oxidation sites excluding steroid dienone is 2. The number of rotatable bonds is 2. The third kappa shape index (κ3) is 3.29. The molecule has 27 heavy (non-hydrogen) atoms. The van der Waals surface area contributed by atoms with Gasteiger partial charge in [0, 0.05) is 50.8 Å². The average Bonchev–Trinajstić information content (AvgIpc) is 2.63. The van der Waals surface area contributed by atoms with Crippen molar-refractivity contribution in [1.29, 1.82) is 0 Å². The molecule has 0 radical (unpaired) electrons. The molecule has 1 amide bonds. The van der Waals surface area contributed by atoms with E-state index >= 15 is 0 Å². The number of benzene rings is 2. The Morgan fingerprint density at radius 3 is 2.22 bits per heavy atom. The lowest BCUT2D eigenvalue weighted by molar-refractivity contribution is -0.119. The van der Waals surface area contributed by atoms with Crippen molar-refractivity contribution >= 4 is 52.2 Å². The largest absolute Gasteiger partial charge is 0.294 e. The fraction of sp³-hybridized carbons (Fsp3) is 0.238. The zero-order valence-corrected chi connectivity index (χ0v) is 16.6. The molecule has 6 heteroatoms. The summed E-state index contributed by atoms with van der Waals surface area (Å²) in [7, 11) is 0. The van der Waals surface area contributed by atoms with Crippen molar-refractivity contribution in [1.82, 2.24) is 0 Å². The predicted molar refractivity (Wildman–Crippen MR) is 109 cm³/mol. The highest BCUT2D eigenvalue weighted by Gasteiger charge is 2.41. The Labute approximate surface area is 172 Å². The highest BCUT2D eigenvalue weighted by atomic mass is 35.5. The Balaban J connectivity index is 1.90. The maximum absolute atomic E-state index is 13.1. The normalized spacial score (nSPS) is 20.1. The summed E-state index contributed by atoms with van der Waals surface area (Å²) in [5, 5.41) is 1.55. The maximum atomic E-state index is 13.1. The molecule has 138 valence electrons. The van der Waals surface area contributed by atoms with Crippen LogP contribution in [0.3, 0.4) is 0 Å². The van der Waals surface area contributed by atoms with Crippen molar-refractivity contribution < 1.29 is 9.59 Å². The van der Waals surface area contributed by atoms with Crippen LogP contribution in [0.2, 0.25) is 15.1 Å². The molecule has 2 aromatic rings. The fourth-order valence-corrected chi connectivity index (χ4v) is 4.76. The number of halogens is 3. The van der Waals surface area contributed by atoms with Crippen LogP contribution in [-0.4, -0.2) is 11.7 Å². The number of nitrogens with zero attached hydrogens (tertiary/aromatic N) is 1. The highest BCUT2D eigenvalue weighted by molar-refractivity contribution is 6.36. The predicted octanol–water partition coefficient (Wildman–Crippen LogP) is 6.17. The van der Waals surface area contributed by atoms with Crippen molar-refractivity contribution in [2.45, 2.75) is 31.6 Å². The Kier molecular flexibility index (Phi) is 5.02. The Hall–Kier alpha value is -1.81. The minimum absolute atomic E-state index is 0.0590.